The van der Waals surface area contributed by atoms with Gasteiger partial charge in [-0.3, -0.25) is 4.90 Å². The van der Waals surface area contributed by atoms with Gasteiger partial charge in [-0.15, -0.1) is 0 Å². The molecule has 1 saturated heterocycles. The Morgan fingerprint density at radius 1 is 1.19 bits per heavy atom. The third-order valence-electron chi connectivity index (χ3n) is 5.16. The van der Waals surface area contributed by atoms with E-state index < -0.39 is 5.97 Å². The molecule has 138 valence electrons. The molecule has 3 aromatic rings. The van der Waals surface area contributed by atoms with Crippen LogP contribution in [-0.2, 0) is 6.54 Å². The number of carboxylic acids is 1. The highest BCUT2D eigenvalue weighted by atomic mass is 35.5. The van der Waals surface area contributed by atoms with Gasteiger partial charge < -0.3 is 5.11 Å². The van der Waals surface area contributed by atoms with Gasteiger partial charge in [0.15, 0.2) is 5.65 Å². The topological polar surface area (TPSA) is 66.3 Å². The zero-order valence-electron chi connectivity index (χ0n) is 14.8. The second kappa shape index (κ2) is 7.62. The molecule has 0 saturated carbocycles. The molecule has 27 heavy (non-hydrogen) atoms. The van der Waals surface area contributed by atoms with Gasteiger partial charge >= 0.3 is 5.97 Å². The average Bonchev–Trinajstić information content (AvgIpc) is 2.68. The molecule has 1 N–H and O–H groups in total. The second-order valence-electron chi connectivity index (χ2n) is 6.96. The highest BCUT2D eigenvalue weighted by molar-refractivity contribution is 6.33. The van der Waals surface area contributed by atoms with Crippen LogP contribution in [-0.4, -0.2) is 39.0 Å². The fraction of sp³-hybridized carbons (Fsp3) is 0.286. The number of rotatable bonds is 4. The van der Waals surface area contributed by atoms with Crippen molar-refractivity contribution in [1.29, 1.82) is 0 Å². The third-order valence-corrected chi connectivity index (χ3v) is 5.47. The smallest absolute Gasteiger partial charge is 0.337 e. The van der Waals surface area contributed by atoms with Crippen LogP contribution in [0.2, 0.25) is 5.02 Å². The molecule has 1 aliphatic rings. The lowest BCUT2D eigenvalue weighted by molar-refractivity contribution is 0.0697. The van der Waals surface area contributed by atoms with Crippen LogP contribution in [0.15, 0.2) is 48.7 Å². The molecule has 4 rings (SSSR count). The van der Waals surface area contributed by atoms with Gasteiger partial charge in [0.05, 0.1) is 10.6 Å². The van der Waals surface area contributed by atoms with Crippen LogP contribution in [0.5, 0.6) is 0 Å². The van der Waals surface area contributed by atoms with Crippen molar-refractivity contribution in [3.8, 4) is 0 Å². The molecule has 1 aliphatic heterocycles. The Bertz CT molecular complexity index is 984. The Balaban J connectivity index is 1.39. The molecular formula is C21H20ClN3O2. The largest absolute Gasteiger partial charge is 0.478 e. The van der Waals surface area contributed by atoms with Crippen molar-refractivity contribution >= 4 is 28.6 Å². The lowest BCUT2D eigenvalue weighted by Gasteiger charge is -2.31. The van der Waals surface area contributed by atoms with Crippen LogP contribution in [0.25, 0.3) is 11.0 Å². The summed E-state index contributed by atoms with van der Waals surface area (Å²) in [6.45, 7) is 2.73. The van der Waals surface area contributed by atoms with Crippen LogP contribution in [0, 0.1) is 0 Å². The van der Waals surface area contributed by atoms with E-state index in [9.17, 15) is 4.79 Å². The van der Waals surface area contributed by atoms with Crippen LogP contribution in [0.1, 0.15) is 40.4 Å². The summed E-state index contributed by atoms with van der Waals surface area (Å²) < 4.78 is 0. The molecule has 0 atom stereocenters. The van der Waals surface area contributed by atoms with Crippen molar-refractivity contribution < 1.29 is 9.90 Å². The number of aromatic carboxylic acids is 1. The van der Waals surface area contributed by atoms with E-state index in [1.165, 1.54) is 0 Å². The molecule has 2 aromatic heterocycles. The highest BCUT2D eigenvalue weighted by Gasteiger charge is 2.22. The minimum atomic E-state index is -0.996. The van der Waals surface area contributed by atoms with Crippen LogP contribution < -0.4 is 0 Å². The summed E-state index contributed by atoms with van der Waals surface area (Å²) in [5.74, 6) is -0.546. The number of aromatic nitrogens is 2. The lowest BCUT2D eigenvalue weighted by atomic mass is 9.92. The fourth-order valence-corrected chi connectivity index (χ4v) is 3.95. The van der Waals surface area contributed by atoms with Gasteiger partial charge in [0.1, 0.15) is 0 Å². The summed E-state index contributed by atoms with van der Waals surface area (Å²) in [7, 11) is 0. The highest BCUT2D eigenvalue weighted by Crippen LogP contribution is 2.29. The number of piperidine rings is 1. The first-order chi connectivity index (χ1) is 13.1. The first-order valence-corrected chi connectivity index (χ1v) is 9.44. The maximum atomic E-state index is 11.1. The third kappa shape index (κ3) is 3.94. The lowest BCUT2D eigenvalue weighted by Crippen LogP contribution is -2.32. The maximum absolute atomic E-state index is 11.1. The summed E-state index contributed by atoms with van der Waals surface area (Å²) in [5.41, 5.74) is 3.12. The number of hydrogen-bond acceptors (Lipinski definition) is 4. The van der Waals surface area contributed by atoms with Gasteiger partial charge in [-0.1, -0.05) is 17.7 Å². The van der Waals surface area contributed by atoms with E-state index in [4.69, 9.17) is 21.7 Å². The standard InChI is InChI=1S/C21H20ClN3O2/c22-18-12-14(3-5-17(18)21(26)27)13-25-10-7-15(8-11-25)19-6-4-16-2-1-9-23-20(16)24-19/h1-6,9,12,15H,7-8,10-11,13H2,(H,26,27). The summed E-state index contributed by atoms with van der Waals surface area (Å²) in [6, 6.07) is 13.4. The number of likely N-dealkylation sites (tertiary alicyclic amines) is 1. The van der Waals surface area contributed by atoms with Crippen molar-refractivity contribution in [1.82, 2.24) is 14.9 Å². The SMILES string of the molecule is O=C(O)c1ccc(CN2CCC(c3ccc4cccnc4n3)CC2)cc1Cl. The summed E-state index contributed by atoms with van der Waals surface area (Å²) in [6.07, 6.45) is 3.88. The number of nitrogens with zero attached hydrogens (tertiary/aromatic N) is 3. The monoisotopic (exact) mass is 381 g/mol. The maximum Gasteiger partial charge on any atom is 0.337 e. The first kappa shape index (κ1) is 17.9. The van der Waals surface area contributed by atoms with Gasteiger partial charge in [0.25, 0.3) is 0 Å². The number of pyridine rings is 2. The normalized spacial score (nSPS) is 15.9. The van der Waals surface area contributed by atoms with Gasteiger partial charge in [-0.25, -0.2) is 14.8 Å². The Labute approximate surface area is 162 Å². The van der Waals surface area contributed by atoms with Crippen LogP contribution >= 0.6 is 11.6 Å². The van der Waals surface area contributed by atoms with Crippen molar-refractivity contribution in [2.75, 3.05) is 13.1 Å². The number of halogens is 1. The average molecular weight is 382 g/mol. The van der Waals surface area contributed by atoms with Crippen molar-refractivity contribution in [3.63, 3.8) is 0 Å². The summed E-state index contributed by atoms with van der Waals surface area (Å²) in [4.78, 5) is 22.5. The van der Waals surface area contributed by atoms with Gasteiger partial charge in [0.2, 0.25) is 0 Å². The molecule has 5 nitrogen and oxygen atoms in total. The van der Waals surface area contributed by atoms with E-state index in [1.54, 1.807) is 18.3 Å². The number of carboxylic acid groups (broad SMARTS) is 1. The Morgan fingerprint density at radius 3 is 2.74 bits per heavy atom. The van der Waals surface area contributed by atoms with Gasteiger partial charge in [-0.05, 0) is 67.9 Å². The molecule has 0 bridgehead atoms. The molecule has 6 heteroatoms. The van der Waals surface area contributed by atoms with Gasteiger partial charge in [0, 0.05) is 29.7 Å². The van der Waals surface area contributed by atoms with Crippen molar-refractivity contribution in [2.24, 2.45) is 0 Å². The molecular weight excluding hydrogens is 362 g/mol. The van der Waals surface area contributed by atoms with E-state index in [0.29, 0.717) is 10.9 Å². The fourth-order valence-electron chi connectivity index (χ4n) is 3.67. The van der Waals surface area contributed by atoms with Crippen molar-refractivity contribution in [2.45, 2.75) is 25.3 Å². The molecule has 0 unspecified atom stereocenters. The molecule has 0 aliphatic carbocycles. The van der Waals surface area contributed by atoms with E-state index in [0.717, 1.165) is 54.8 Å². The van der Waals surface area contributed by atoms with Crippen LogP contribution in [0.3, 0.4) is 0 Å². The zero-order valence-corrected chi connectivity index (χ0v) is 15.6. The summed E-state index contributed by atoms with van der Waals surface area (Å²) >= 11 is 6.08. The number of carbonyl (C=O) groups is 1. The molecule has 1 aromatic carbocycles. The van der Waals surface area contributed by atoms with E-state index >= 15 is 0 Å². The second-order valence-corrected chi connectivity index (χ2v) is 7.36. The number of hydrogen-bond donors (Lipinski definition) is 1. The first-order valence-electron chi connectivity index (χ1n) is 9.06. The van der Waals surface area contributed by atoms with Gasteiger partial charge in [-0.2, -0.15) is 0 Å². The van der Waals surface area contributed by atoms with E-state index in [1.807, 2.05) is 18.2 Å². The molecule has 0 radical (unpaired) electrons. The zero-order chi connectivity index (χ0) is 18.8. The predicted molar refractivity (Wildman–Crippen MR) is 105 cm³/mol. The quantitative estimate of drug-likeness (QED) is 0.727. The molecule has 0 amide bonds. The molecule has 3 heterocycles. The minimum Gasteiger partial charge on any atom is -0.478 e. The Hall–Kier alpha value is -2.50. The number of benzene rings is 1. The Morgan fingerprint density at radius 2 is 2.00 bits per heavy atom. The predicted octanol–water partition coefficient (Wildman–Crippen LogP) is 4.36. The number of fused-ring (bicyclic) bond motifs is 1. The van der Waals surface area contributed by atoms with Crippen molar-refractivity contribution in [3.05, 3.63) is 70.5 Å². The Kier molecular flexibility index (Phi) is 5.05. The summed E-state index contributed by atoms with van der Waals surface area (Å²) in [5, 5.41) is 10.4. The molecule has 1 fully saturated rings. The van der Waals surface area contributed by atoms with E-state index in [2.05, 4.69) is 22.0 Å². The minimum absolute atomic E-state index is 0.148. The van der Waals surface area contributed by atoms with Crippen LogP contribution in [0.4, 0.5) is 0 Å². The van der Waals surface area contributed by atoms with E-state index in [-0.39, 0.29) is 5.56 Å². The molecule has 0 spiro atoms.